The summed E-state index contributed by atoms with van der Waals surface area (Å²) in [6.07, 6.45) is 5.84. The molecule has 1 saturated carbocycles. The summed E-state index contributed by atoms with van der Waals surface area (Å²) in [7, 11) is 0. The Hall–Kier alpha value is -1.51. The lowest BCUT2D eigenvalue weighted by molar-refractivity contribution is -0.125. The monoisotopic (exact) mass is 247 g/mol. The molecule has 2 rings (SSSR count). The van der Waals surface area contributed by atoms with Crippen LogP contribution in [0.1, 0.15) is 39.0 Å². The van der Waals surface area contributed by atoms with Crippen molar-refractivity contribution in [3.8, 4) is 5.75 Å². The Labute approximate surface area is 109 Å². The fourth-order valence-electron chi connectivity index (χ4n) is 2.50. The Kier molecular flexibility index (Phi) is 4.24. The molecule has 1 fully saturated rings. The van der Waals surface area contributed by atoms with Gasteiger partial charge in [0.05, 0.1) is 0 Å². The third kappa shape index (κ3) is 3.76. The second kappa shape index (κ2) is 5.89. The molecule has 0 bridgehead atoms. The zero-order valence-corrected chi connectivity index (χ0v) is 10.9. The summed E-state index contributed by atoms with van der Waals surface area (Å²) >= 11 is 0. The number of amides is 1. The summed E-state index contributed by atoms with van der Waals surface area (Å²) in [4.78, 5) is 11.9. The predicted octanol–water partition coefficient (Wildman–Crippen LogP) is 2.90. The Morgan fingerprint density at radius 3 is 2.56 bits per heavy atom. The quantitative estimate of drug-likeness (QED) is 0.888. The third-order valence-corrected chi connectivity index (χ3v) is 3.51. The number of ether oxygens (including phenoxy) is 1. The zero-order valence-electron chi connectivity index (χ0n) is 10.9. The maximum atomic E-state index is 11.9. The van der Waals surface area contributed by atoms with Gasteiger partial charge in [-0.2, -0.15) is 0 Å². The van der Waals surface area contributed by atoms with Gasteiger partial charge in [0.25, 0.3) is 5.91 Å². The maximum Gasteiger partial charge on any atom is 0.258 e. The van der Waals surface area contributed by atoms with E-state index in [0.717, 1.165) is 18.6 Å². The molecule has 0 radical (unpaired) electrons. The van der Waals surface area contributed by atoms with Crippen molar-refractivity contribution in [1.82, 2.24) is 5.32 Å². The van der Waals surface area contributed by atoms with Gasteiger partial charge in [0, 0.05) is 5.54 Å². The first-order chi connectivity index (χ1) is 8.68. The molecule has 1 amide bonds. The first-order valence-electron chi connectivity index (χ1n) is 6.67. The predicted molar refractivity (Wildman–Crippen MR) is 71.6 cm³/mol. The Morgan fingerprint density at radius 1 is 1.22 bits per heavy atom. The molecule has 3 heteroatoms. The molecule has 0 heterocycles. The van der Waals surface area contributed by atoms with E-state index in [2.05, 4.69) is 12.2 Å². The molecule has 0 unspecified atom stereocenters. The van der Waals surface area contributed by atoms with Gasteiger partial charge >= 0.3 is 0 Å². The first-order valence-corrected chi connectivity index (χ1v) is 6.67. The number of carbonyl (C=O) groups is 1. The summed E-state index contributed by atoms with van der Waals surface area (Å²) in [6, 6.07) is 9.44. The molecule has 0 atom stereocenters. The second-order valence-corrected chi connectivity index (χ2v) is 5.27. The van der Waals surface area contributed by atoms with Crippen LogP contribution in [0.3, 0.4) is 0 Å². The van der Waals surface area contributed by atoms with Gasteiger partial charge in [0.2, 0.25) is 0 Å². The van der Waals surface area contributed by atoms with E-state index in [0.29, 0.717) is 0 Å². The van der Waals surface area contributed by atoms with Crippen LogP contribution in [0, 0.1) is 0 Å². The van der Waals surface area contributed by atoms with Gasteiger partial charge in [-0.25, -0.2) is 0 Å². The lowest BCUT2D eigenvalue weighted by Gasteiger charge is -2.34. The fraction of sp³-hybridized carbons (Fsp3) is 0.533. The highest BCUT2D eigenvalue weighted by Crippen LogP contribution is 2.27. The molecule has 3 nitrogen and oxygen atoms in total. The van der Waals surface area contributed by atoms with E-state index >= 15 is 0 Å². The van der Waals surface area contributed by atoms with Crippen molar-refractivity contribution >= 4 is 5.91 Å². The molecule has 18 heavy (non-hydrogen) atoms. The van der Waals surface area contributed by atoms with Crippen LogP contribution >= 0.6 is 0 Å². The van der Waals surface area contributed by atoms with Crippen LogP contribution in [-0.2, 0) is 4.79 Å². The highest BCUT2D eigenvalue weighted by atomic mass is 16.5. The van der Waals surface area contributed by atoms with Crippen molar-refractivity contribution in [1.29, 1.82) is 0 Å². The van der Waals surface area contributed by atoms with Crippen LogP contribution < -0.4 is 10.1 Å². The average Bonchev–Trinajstić information content (AvgIpc) is 2.38. The van der Waals surface area contributed by atoms with E-state index in [1.165, 1.54) is 19.3 Å². The summed E-state index contributed by atoms with van der Waals surface area (Å²) in [6.45, 7) is 2.23. The van der Waals surface area contributed by atoms with Gasteiger partial charge in [-0.15, -0.1) is 0 Å². The van der Waals surface area contributed by atoms with Crippen molar-refractivity contribution in [2.24, 2.45) is 0 Å². The van der Waals surface area contributed by atoms with E-state index in [4.69, 9.17) is 4.74 Å². The Bertz CT molecular complexity index is 383. The van der Waals surface area contributed by atoms with E-state index in [-0.39, 0.29) is 18.1 Å². The van der Waals surface area contributed by atoms with Gasteiger partial charge in [-0.05, 0) is 31.9 Å². The summed E-state index contributed by atoms with van der Waals surface area (Å²) in [5.74, 6) is 0.713. The molecule has 1 aliphatic carbocycles. The van der Waals surface area contributed by atoms with Crippen LogP contribution in [0.4, 0.5) is 0 Å². The van der Waals surface area contributed by atoms with Crippen LogP contribution in [0.25, 0.3) is 0 Å². The van der Waals surface area contributed by atoms with Crippen LogP contribution in [0.5, 0.6) is 5.75 Å². The van der Waals surface area contributed by atoms with Gasteiger partial charge < -0.3 is 10.1 Å². The summed E-state index contributed by atoms with van der Waals surface area (Å²) < 4.78 is 5.44. The Balaban J connectivity index is 1.78. The van der Waals surface area contributed by atoms with Gasteiger partial charge in [0.15, 0.2) is 6.61 Å². The highest BCUT2D eigenvalue weighted by Gasteiger charge is 2.28. The molecular weight excluding hydrogens is 226 g/mol. The molecule has 98 valence electrons. The van der Waals surface area contributed by atoms with Crippen molar-refractivity contribution in [2.45, 2.75) is 44.6 Å². The number of hydrogen-bond acceptors (Lipinski definition) is 2. The van der Waals surface area contributed by atoms with Gasteiger partial charge in [-0.3, -0.25) is 4.79 Å². The lowest BCUT2D eigenvalue weighted by atomic mass is 9.83. The smallest absolute Gasteiger partial charge is 0.258 e. The van der Waals surface area contributed by atoms with Crippen molar-refractivity contribution < 1.29 is 9.53 Å². The molecule has 1 aliphatic rings. The SMILES string of the molecule is CC1(NC(=O)COc2ccccc2)CCCCC1. The third-order valence-electron chi connectivity index (χ3n) is 3.51. The number of rotatable bonds is 4. The molecule has 0 spiro atoms. The van der Waals surface area contributed by atoms with Crippen LogP contribution in [0.2, 0.25) is 0 Å². The number of para-hydroxylation sites is 1. The highest BCUT2D eigenvalue weighted by molar-refractivity contribution is 5.78. The zero-order chi connectivity index (χ0) is 12.8. The van der Waals surface area contributed by atoms with Gasteiger partial charge in [0.1, 0.15) is 5.75 Å². The number of carbonyl (C=O) groups excluding carboxylic acids is 1. The van der Waals surface area contributed by atoms with Crippen molar-refractivity contribution in [3.63, 3.8) is 0 Å². The minimum absolute atomic E-state index is 0.0248. The summed E-state index contributed by atoms with van der Waals surface area (Å²) in [5.41, 5.74) is -0.0324. The number of benzene rings is 1. The molecule has 0 saturated heterocycles. The van der Waals surface area contributed by atoms with E-state index in [1.54, 1.807) is 0 Å². The lowest BCUT2D eigenvalue weighted by Crippen LogP contribution is -2.48. The van der Waals surface area contributed by atoms with E-state index in [1.807, 2.05) is 30.3 Å². The molecule has 1 N–H and O–H groups in total. The maximum absolute atomic E-state index is 11.9. The molecule has 1 aromatic carbocycles. The first kappa shape index (κ1) is 12.9. The Morgan fingerprint density at radius 2 is 1.89 bits per heavy atom. The largest absolute Gasteiger partial charge is 0.484 e. The standard InChI is InChI=1S/C15H21NO2/c1-15(10-6-3-7-11-15)16-14(17)12-18-13-8-4-2-5-9-13/h2,4-5,8-9H,3,6-7,10-12H2,1H3,(H,16,17). The second-order valence-electron chi connectivity index (χ2n) is 5.27. The van der Waals surface area contributed by atoms with E-state index < -0.39 is 0 Å². The van der Waals surface area contributed by atoms with Crippen LogP contribution in [0.15, 0.2) is 30.3 Å². The minimum atomic E-state index is -0.0324. The topological polar surface area (TPSA) is 38.3 Å². The molecule has 0 aromatic heterocycles. The molecular formula is C15H21NO2. The average molecular weight is 247 g/mol. The van der Waals surface area contributed by atoms with Crippen LogP contribution in [-0.4, -0.2) is 18.1 Å². The fourth-order valence-corrected chi connectivity index (χ4v) is 2.50. The van der Waals surface area contributed by atoms with Crippen molar-refractivity contribution in [3.05, 3.63) is 30.3 Å². The molecule has 0 aliphatic heterocycles. The number of hydrogen-bond donors (Lipinski definition) is 1. The number of nitrogens with one attached hydrogen (secondary N) is 1. The molecule has 1 aromatic rings. The van der Waals surface area contributed by atoms with Crippen molar-refractivity contribution in [2.75, 3.05) is 6.61 Å². The normalized spacial score (nSPS) is 18.1. The summed E-state index contributed by atoms with van der Waals surface area (Å²) in [5, 5.41) is 3.10. The van der Waals surface area contributed by atoms with E-state index in [9.17, 15) is 4.79 Å². The minimum Gasteiger partial charge on any atom is -0.484 e. The van der Waals surface area contributed by atoms with Gasteiger partial charge in [-0.1, -0.05) is 37.5 Å².